The summed E-state index contributed by atoms with van der Waals surface area (Å²) in [6.45, 7) is 2.77. The zero-order chi connectivity index (χ0) is 17.4. The molecule has 3 fully saturated rings. The van der Waals surface area contributed by atoms with Crippen molar-refractivity contribution in [2.75, 3.05) is 24.5 Å². The lowest BCUT2D eigenvalue weighted by molar-refractivity contribution is 0.124. The van der Waals surface area contributed by atoms with Crippen LogP contribution in [0.25, 0.3) is 0 Å². The molecule has 4 heterocycles. The van der Waals surface area contributed by atoms with Crippen molar-refractivity contribution in [1.82, 2.24) is 14.9 Å². The summed E-state index contributed by atoms with van der Waals surface area (Å²) < 4.78 is 40.7. The van der Waals surface area contributed by atoms with Crippen LogP contribution in [0.15, 0.2) is 30.7 Å². The molecule has 1 aromatic carbocycles. The quantitative estimate of drug-likeness (QED) is 0.799. The third-order valence-corrected chi connectivity index (χ3v) is 5.19. The van der Waals surface area contributed by atoms with Gasteiger partial charge in [0.2, 0.25) is 0 Å². The first-order chi connectivity index (χ1) is 12.1. The maximum atomic E-state index is 14.0. The Bertz CT molecular complexity index is 755. The largest absolute Gasteiger partial charge is 0.353 e. The van der Waals surface area contributed by atoms with Crippen LogP contribution < -0.4 is 4.90 Å². The van der Waals surface area contributed by atoms with Gasteiger partial charge in [0.05, 0.1) is 6.20 Å². The van der Waals surface area contributed by atoms with E-state index in [9.17, 15) is 13.2 Å². The van der Waals surface area contributed by atoms with Crippen molar-refractivity contribution in [3.8, 4) is 0 Å². The Kier molecular flexibility index (Phi) is 4.33. The molecular weight excluding hydrogens is 329 g/mol. The average Bonchev–Trinajstić information content (AvgIpc) is 2.95. The van der Waals surface area contributed by atoms with Crippen LogP contribution in [0.1, 0.15) is 18.4 Å². The van der Waals surface area contributed by atoms with Crippen LogP contribution in [0.3, 0.4) is 0 Å². The third kappa shape index (κ3) is 3.20. The zero-order valence-corrected chi connectivity index (χ0v) is 13.7. The van der Waals surface area contributed by atoms with E-state index >= 15 is 0 Å². The normalized spacial score (nSPS) is 23.7. The molecule has 0 radical (unpaired) electrons. The number of hydrogen-bond acceptors (Lipinski definition) is 4. The van der Waals surface area contributed by atoms with Crippen LogP contribution in [-0.4, -0.2) is 40.5 Å². The van der Waals surface area contributed by atoms with Gasteiger partial charge in [-0.2, -0.15) is 0 Å². The Balaban J connectivity index is 1.54. The van der Waals surface area contributed by atoms with Crippen LogP contribution in [0.4, 0.5) is 19.0 Å². The minimum Gasteiger partial charge on any atom is -0.353 e. The standard InChI is InChI=1S/C18H19F3N4/c19-15-4-2-13(17(20)18(15)21)10-24-8-12-1-3-14(24)11-25(9-12)16-7-22-5-6-23-16/h2,4-7,12,14H,1,3,8-11H2/t12-,14-/m1/s1. The molecule has 0 N–H and O–H groups in total. The van der Waals surface area contributed by atoms with E-state index in [1.165, 1.54) is 6.07 Å². The number of piperidine rings is 1. The number of anilines is 1. The van der Waals surface area contributed by atoms with E-state index in [4.69, 9.17) is 0 Å². The van der Waals surface area contributed by atoms with Gasteiger partial charge in [-0.15, -0.1) is 0 Å². The van der Waals surface area contributed by atoms with Gasteiger partial charge in [0.15, 0.2) is 17.5 Å². The second kappa shape index (κ2) is 6.63. The van der Waals surface area contributed by atoms with Gasteiger partial charge in [-0.05, 0) is 24.8 Å². The van der Waals surface area contributed by atoms with E-state index in [-0.39, 0.29) is 11.6 Å². The number of rotatable bonds is 3. The van der Waals surface area contributed by atoms with Crippen molar-refractivity contribution in [2.45, 2.75) is 25.4 Å². The lowest BCUT2D eigenvalue weighted by atomic mass is 9.94. The van der Waals surface area contributed by atoms with Gasteiger partial charge < -0.3 is 4.90 Å². The maximum Gasteiger partial charge on any atom is 0.194 e. The van der Waals surface area contributed by atoms with E-state index in [1.54, 1.807) is 18.6 Å². The van der Waals surface area contributed by atoms with Crippen molar-refractivity contribution < 1.29 is 13.2 Å². The molecule has 7 heteroatoms. The molecule has 3 aliphatic heterocycles. The molecule has 4 nitrogen and oxygen atoms in total. The molecule has 3 aliphatic rings. The van der Waals surface area contributed by atoms with Crippen molar-refractivity contribution >= 4 is 5.82 Å². The van der Waals surface area contributed by atoms with Gasteiger partial charge in [0.25, 0.3) is 0 Å². The zero-order valence-electron chi connectivity index (χ0n) is 13.7. The molecular formula is C18H19F3N4. The summed E-state index contributed by atoms with van der Waals surface area (Å²) >= 11 is 0. The topological polar surface area (TPSA) is 32.3 Å². The first kappa shape index (κ1) is 16.3. The highest BCUT2D eigenvalue weighted by Gasteiger charge is 2.35. The predicted molar refractivity (Wildman–Crippen MR) is 87.5 cm³/mol. The van der Waals surface area contributed by atoms with Gasteiger partial charge in [-0.3, -0.25) is 9.88 Å². The lowest BCUT2D eigenvalue weighted by Gasteiger charge is -2.36. The fourth-order valence-corrected chi connectivity index (χ4v) is 3.92. The van der Waals surface area contributed by atoms with Crippen LogP contribution in [-0.2, 0) is 6.54 Å². The summed E-state index contributed by atoms with van der Waals surface area (Å²) in [4.78, 5) is 12.9. The molecule has 132 valence electrons. The Morgan fingerprint density at radius 1 is 1.00 bits per heavy atom. The van der Waals surface area contributed by atoms with Gasteiger partial charge in [0, 0.05) is 50.2 Å². The average molecular weight is 348 g/mol. The molecule has 0 saturated carbocycles. The molecule has 3 saturated heterocycles. The Morgan fingerprint density at radius 3 is 2.68 bits per heavy atom. The van der Waals surface area contributed by atoms with Crippen LogP contribution in [0.2, 0.25) is 0 Å². The Labute approximate surface area is 144 Å². The second-order valence-corrected chi connectivity index (χ2v) is 6.83. The molecule has 0 unspecified atom stereocenters. The first-order valence-corrected chi connectivity index (χ1v) is 8.49. The summed E-state index contributed by atoms with van der Waals surface area (Å²) in [5.41, 5.74) is 0.206. The van der Waals surface area contributed by atoms with Crippen molar-refractivity contribution in [3.05, 3.63) is 53.7 Å². The number of fused-ring (bicyclic) bond motifs is 4. The number of halogens is 3. The van der Waals surface area contributed by atoms with Crippen LogP contribution in [0, 0.1) is 23.4 Å². The summed E-state index contributed by atoms with van der Waals surface area (Å²) in [5, 5.41) is 0. The van der Waals surface area contributed by atoms with Gasteiger partial charge in [-0.25, -0.2) is 18.2 Å². The molecule has 5 rings (SSSR count). The first-order valence-electron chi connectivity index (χ1n) is 8.49. The fraction of sp³-hybridized carbons (Fsp3) is 0.444. The molecule has 1 aromatic heterocycles. The highest BCUT2D eigenvalue weighted by Crippen LogP contribution is 2.31. The SMILES string of the molecule is Fc1ccc(CN2C[C@H]3CC[C@@H]2CN(c2cnccn2)C3)c(F)c1F. The van der Waals surface area contributed by atoms with Crippen LogP contribution >= 0.6 is 0 Å². The van der Waals surface area contributed by atoms with Crippen LogP contribution in [0.5, 0.6) is 0 Å². The van der Waals surface area contributed by atoms with Gasteiger partial charge >= 0.3 is 0 Å². The van der Waals surface area contributed by atoms with E-state index in [0.717, 1.165) is 44.4 Å². The monoisotopic (exact) mass is 348 g/mol. The van der Waals surface area contributed by atoms with E-state index in [1.807, 2.05) is 0 Å². The lowest BCUT2D eigenvalue weighted by Crippen LogP contribution is -2.43. The van der Waals surface area contributed by atoms with Crippen molar-refractivity contribution in [3.63, 3.8) is 0 Å². The highest BCUT2D eigenvalue weighted by molar-refractivity contribution is 5.36. The molecule has 0 amide bonds. The molecule has 2 atom stereocenters. The minimum absolute atomic E-state index is 0.206. The summed E-state index contributed by atoms with van der Waals surface area (Å²) in [5.74, 6) is -2.33. The van der Waals surface area contributed by atoms with E-state index in [2.05, 4.69) is 19.8 Å². The summed E-state index contributed by atoms with van der Waals surface area (Å²) in [6.07, 6.45) is 7.19. The molecule has 2 bridgehead atoms. The number of nitrogens with zero attached hydrogens (tertiary/aromatic N) is 4. The molecule has 2 aromatic rings. The predicted octanol–water partition coefficient (Wildman–Crippen LogP) is 2.99. The molecule has 0 spiro atoms. The Hall–Kier alpha value is -2.15. The summed E-state index contributed by atoms with van der Waals surface area (Å²) in [7, 11) is 0. The van der Waals surface area contributed by atoms with Gasteiger partial charge in [-0.1, -0.05) is 6.07 Å². The smallest absolute Gasteiger partial charge is 0.194 e. The second-order valence-electron chi connectivity index (χ2n) is 6.83. The minimum atomic E-state index is -1.39. The maximum absolute atomic E-state index is 14.0. The van der Waals surface area contributed by atoms with Gasteiger partial charge in [0.1, 0.15) is 5.82 Å². The fourth-order valence-electron chi connectivity index (χ4n) is 3.92. The van der Waals surface area contributed by atoms with Crippen molar-refractivity contribution in [2.24, 2.45) is 5.92 Å². The van der Waals surface area contributed by atoms with E-state index < -0.39 is 17.5 Å². The summed E-state index contributed by atoms with van der Waals surface area (Å²) in [6, 6.07) is 2.57. The number of benzene rings is 1. The number of hydrogen-bond donors (Lipinski definition) is 0. The van der Waals surface area contributed by atoms with E-state index in [0.29, 0.717) is 12.5 Å². The molecule has 25 heavy (non-hydrogen) atoms. The van der Waals surface area contributed by atoms with Crippen molar-refractivity contribution in [1.29, 1.82) is 0 Å². The highest BCUT2D eigenvalue weighted by atomic mass is 19.2. The molecule has 0 aliphatic carbocycles. The Morgan fingerprint density at radius 2 is 1.88 bits per heavy atom. The third-order valence-electron chi connectivity index (χ3n) is 5.19. The number of aromatic nitrogens is 2.